The monoisotopic (exact) mass is 692 g/mol. The van der Waals surface area contributed by atoms with Crippen LogP contribution in [0.4, 0.5) is 8.78 Å². The number of carbonyl (C=O) groups excluding carboxylic acids is 1. The van der Waals surface area contributed by atoms with Gasteiger partial charge in [0.05, 0.1) is 33.0 Å². The van der Waals surface area contributed by atoms with Crippen molar-refractivity contribution in [3.8, 4) is 33.5 Å². The Labute approximate surface area is 289 Å². The number of carbonyl (C=O) groups is 1. The molecule has 4 aromatic heterocycles. The maximum absolute atomic E-state index is 15.5. The quantitative estimate of drug-likeness (QED) is 0.171. The molecule has 1 fully saturated rings. The number of hydrogen-bond donors (Lipinski definition) is 1. The summed E-state index contributed by atoms with van der Waals surface area (Å²) in [6.07, 6.45) is 5.31. The van der Waals surface area contributed by atoms with Crippen LogP contribution in [-0.2, 0) is 19.4 Å². The third-order valence-electron chi connectivity index (χ3n) is 8.81. The Kier molecular flexibility index (Phi) is 8.01. The van der Waals surface area contributed by atoms with E-state index >= 15 is 4.39 Å². The molecule has 2 aromatic carbocycles. The molecule has 1 saturated heterocycles. The first kappa shape index (κ1) is 31.9. The summed E-state index contributed by atoms with van der Waals surface area (Å²) in [5, 5.41) is 9.99. The average Bonchev–Trinajstić information content (AvgIpc) is 3.73. The molecule has 0 bridgehead atoms. The summed E-state index contributed by atoms with van der Waals surface area (Å²) in [5.41, 5.74) is 2.64. The number of rotatable bonds is 9. The maximum atomic E-state index is 15.5. The molecule has 12 heteroatoms. The first-order chi connectivity index (χ1) is 24.1. The van der Waals surface area contributed by atoms with Gasteiger partial charge >= 0.3 is 0 Å². The largest absolute Gasteiger partial charge is 0.492 e. The minimum Gasteiger partial charge on any atom is -0.492 e. The minimum atomic E-state index is -0.670. The molecule has 2 aliphatic heterocycles. The van der Waals surface area contributed by atoms with Gasteiger partial charge in [-0.25, -0.2) is 8.78 Å². The van der Waals surface area contributed by atoms with Crippen LogP contribution in [-0.4, -0.2) is 55.6 Å². The van der Waals surface area contributed by atoms with Gasteiger partial charge in [-0.1, -0.05) is 12.1 Å². The van der Waals surface area contributed by atoms with Crippen molar-refractivity contribution in [1.29, 1.82) is 0 Å². The zero-order valence-corrected chi connectivity index (χ0v) is 27.7. The molecule has 1 N–H and O–H groups in total. The van der Waals surface area contributed by atoms with Crippen molar-refractivity contribution in [2.75, 3.05) is 19.7 Å². The van der Waals surface area contributed by atoms with Crippen LogP contribution in [0.1, 0.15) is 34.0 Å². The zero-order valence-electron chi connectivity index (χ0n) is 26.9. The van der Waals surface area contributed by atoms with Gasteiger partial charge in [-0.2, -0.15) is 0 Å². The van der Waals surface area contributed by atoms with Crippen molar-refractivity contribution in [3.05, 3.63) is 130 Å². The number of pyridine rings is 3. The Morgan fingerprint density at radius 3 is 2.56 bits per heavy atom. The number of benzene rings is 2. The zero-order chi connectivity index (χ0) is 34.6. The molecule has 50 heavy (non-hydrogen) atoms. The van der Waals surface area contributed by atoms with E-state index in [0.29, 0.717) is 60.7 Å². The number of Topliss-reactive ketones (excluding diaryl/α,β-unsaturated/α-hetero) is 1. The van der Waals surface area contributed by atoms with Gasteiger partial charge < -0.3 is 14.6 Å². The van der Waals surface area contributed by atoms with Gasteiger partial charge in [-0.05, 0) is 66.6 Å². The molecule has 0 amide bonds. The second-order valence-electron chi connectivity index (χ2n) is 12.9. The normalized spacial score (nSPS) is 15.0. The van der Waals surface area contributed by atoms with Crippen LogP contribution in [0.5, 0.6) is 17.2 Å². The topological polar surface area (TPSA) is 107 Å². The highest BCUT2D eigenvalue weighted by Gasteiger charge is 2.36. The predicted molar refractivity (Wildman–Crippen MR) is 184 cm³/mol. The minimum absolute atomic E-state index is 0.0290. The van der Waals surface area contributed by atoms with E-state index in [9.17, 15) is 19.1 Å². The van der Waals surface area contributed by atoms with Crippen molar-refractivity contribution < 1.29 is 28.2 Å². The number of hydrogen-bond acceptors (Lipinski definition) is 9. The van der Waals surface area contributed by atoms with Gasteiger partial charge in [0, 0.05) is 68.4 Å². The van der Waals surface area contributed by atoms with Crippen molar-refractivity contribution >= 4 is 27.3 Å². The van der Waals surface area contributed by atoms with Gasteiger partial charge in [0.2, 0.25) is 0 Å². The molecule has 0 spiro atoms. The predicted octanol–water partition coefficient (Wildman–Crippen LogP) is 6.51. The molecule has 0 radical (unpaired) electrons. The first-order valence-corrected chi connectivity index (χ1v) is 16.9. The molecule has 0 unspecified atom stereocenters. The van der Waals surface area contributed by atoms with E-state index in [0.717, 1.165) is 20.8 Å². The Hall–Kier alpha value is -5.30. The summed E-state index contributed by atoms with van der Waals surface area (Å²) >= 11 is 1.44. The lowest BCUT2D eigenvalue weighted by Crippen LogP contribution is -2.59. The lowest BCUT2D eigenvalue weighted by molar-refractivity contribution is -0.0871. The van der Waals surface area contributed by atoms with Crippen LogP contribution in [0.15, 0.2) is 90.1 Å². The van der Waals surface area contributed by atoms with Crippen LogP contribution in [0.25, 0.3) is 26.5 Å². The molecule has 8 rings (SSSR count). The number of β-amino-alcohol motifs (C(OH)–C–C–N with tert-alkyl or cyclic N) is 1. The van der Waals surface area contributed by atoms with Gasteiger partial charge in [0.15, 0.2) is 17.3 Å². The second kappa shape index (κ2) is 12.5. The van der Waals surface area contributed by atoms with Crippen molar-refractivity contribution in [1.82, 2.24) is 19.4 Å². The number of halogens is 2. The third-order valence-corrected chi connectivity index (χ3v) is 9.97. The highest BCUT2D eigenvalue weighted by Crippen LogP contribution is 2.39. The Balaban J connectivity index is 1.00. The van der Waals surface area contributed by atoms with Gasteiger partial charge in [0.1, 0.15) is 22.9 Å². The second-order valence-corrected chi connectivity index (χ2v) is 14.0. The van der Waals surface area contributed by atoms with Crippen LogP contribution < -0.4 is 15.0 Å². The van der Waals surface area contributed by atoms with E-state index in [1.165, 1.54) is 52.3 Å². The molecule has 0 saturated carbocycles. The lowest BCUT2D eigenvalue weighted by atomic mass is 9.96. The van der Waals surface area contributed by atoms with Gasteiger partial charge in [-0.15, -0.1) is 11.3 Å². The van der Waals surface area contributed by atoms with E-state index in [-0.39, 0.29) is 23.5 Å². The fourth-order valence-electron chi connectivity index (χ4n) is 6.50. The highest BCUT2D eigenvalue weighted by atomic mass is 32.1. The average molecular weight is 693 g/mol. The van der Waals surface area contributed by atoms with Crippen molar-refractivity contribution in [2.45, 2.75) is 31.9 Å². The number of ketones is 1. The summed E-state index contributed by atoms with van der Waals surface area (Å²) < 4.78 is 42.8. The SMILES string of the molecule is CC1(O)CN(Cc2ccc(-c3cc4nccc(Oc5ccc(CC(=O)c6c7c(cn(-c8ccc(F)cc8)c6=O)CCO7)cc5F)c4s3)nc2)C1. The van der Waals surface area contributed by atoms with Crippen LogP contribution >= 0.6 is 11.3 Å². The Bertz CT molecular complexity index is 2330. The molecule has 6 heterocycles. The van der Waals surface area contributed by atoms with Crippen molar-refractivity contribution in [2.24, 2.45) is 0 Å². The fraction of sp³-hybridized carbons (Fsp3) is 0.211. The summed E-state index contributed by atoms with van der Waals surface area (Å²) in [7, 11) is 0. The molecular weight excluding hydrogens is 663 g/mol. The fourth-order valence-corrected chi connectivity index (χ4v) is 7.54. The molecule has 9 nitrogen and oxygen atoms in total. The summed E-state index contributed by atoms with van der Waals surface area (Å²) in [4.78, 5) is 39.2. The molecule has 0 atom stereocenters. The molecule has 0 aliphatic carbocycles. The van der Waals surface area contributed by atoms with Crippen LogP contribution in [0.2, 0.25) is 0 Å². The number of likely N-dealkylation sites (tertiary alicyclic amines) is 1. The van der Waals surface area contributed by atoms with Crippen LogP contribution in [0, 0.1) is 11.6 Å². The summed E-state index contributed by atoms with van der Waals surface area (Å²) in [6, 6.07) is 17.2. The first-order valence-electron chi connectivity index (χ1n) is 16.1. The standard InChI is InChI=1S/C38H30F2N4O5S/c1-38(47)20-43(21-38)18-23-2-8-28(42-17-23)33-16-29-36(50-33)32(10-12-41-29)49-31-9-3-22(14-27(31)40)15-30(45)34-35-24(11-13-48-35)19-44(37(34)46)26-6-4-25(39)5-7-26/h2-10,12,14,16-17,19,47H,11,13,15,18,20-21H2,1H3. The molecule has 252 valence electrons. The summed E-state index contributed by atoms with van der Waals surface area (Å²) in [5.74, 6) is -0.998. The maximum Gasteiger partial charge on any atom is 0.269 e. The number of nitrogens with zero attached hydrogens (tertiary/aromatic N) is 4. The highest BCUT2D eigenvalue weighted by molar-refractivity contribution is 7.22. The van der Waals surface area contributed by atoms with E-state index in [4.69, 9.17) is 9.47 Å². The number of aliphatic hydroxyl groups is 1. The number of ether oxygens (including phenoxy) is 2. The molecule has 6 aromatic rings. The summed E-state index contributed by atoms with van der Waals surface area (Å²) in [6.45, 7) is 4.13. The Morgan fingerprint density at radius 1 is 1.02 bits per heavy atom. The number of thiophene rings is 1. The van der Waals surface area contributed by atoms with Gasteiger partial charge in [0.25, 0.3) is 5.56 Å². The third kappa shape index (κ3) is 6.17. The number of aromatic nitrogens is 3. The lowest BCUT2D eigenvalue weighted by Gasteiger charge is -2.44. The smallest absolute Gasteiger partial charge is 0.269 e. The van der Waals surface area contributed by atoms with Crippen LogP contribution in [0.3, 0.4) is 0 Å². The number of fused-ring (bicyclic) bond motifs is 2. The van der Waals surface area contributed by atoms with Crippen molar-refractivity contribution in [3.63, 3.8) is 0 Å². The van der Waals surface area contributed by atoms with E-state index in [1.807, 2.05) is 31.3 Å². The van der Waals surface area contributed by atoms with E-state index < -0.39 is 28.6 Å². The molecule has 2 aliphatic rings. The Morgan fingerprint density at radius 2 is 1.82 bits per heavy atom. The molecular formula is C38H30F2N4O5S. The van der Waals surface area contributed by atoms with E-state index in [1.54, 1.807) is 24.5 Å². The van der Waals surface area contributed by atoms with E-state index in [2.05, 4.69) is 14.9 Å². The van der Waals surface area contributed by atoms with Gasteiger partial charge in [-0.3, -0.25) is 29.0 Å².